The fourth-order valence-corrected chi connectivity index (χ4v) is 1.57. The van der Waals surface area contributed by atoms with Gasteiger partial charge in [0.15, 0.2) is 0 Å². The molecule has 0 saturated carbocycles. The normalized spacial score (nSPS) is 10.5. The minimum absolute atomic E-state index is 0.182. The number of hydrogen-bond donors (Lipinski definition) is 0. The molecule has 1 heterocycles. The highest BCUT2D eigenvalue weighted by Gasteiger charge is 2.05. The summed E-state index contributed by atoms with van der Waals surface area (Å²) in [5.74, 6) is 0.744. The van der Waals surface area contributed by atoms with Gasteiger partial charge in [-0.1, -0.05) is 0 Å². The van der Waals surface area contributed by atoms with E-state index in [1.54, 1.807) is 11.8 Å². The molecule has 72 valence electrons. The van der Waals surface area contributed by atoms with E-state index < -0.39 is 0 Å². The van der Waals surface area contributed by atoms with Gasteiger partial charge in [0.25, 0.3) is 0 Å². The number of aryl methyl sites for hydroxylation is 1. The summed E-state index contributed by atoms with van der Waals surface area (Å²) in [5.41, 5.74) is 1.17. The maximum Gasteiger partial charge on any atom is 0.227 e. The number of aromatic nitrogens is 1. The minimum atomic E-state index is 0.182. The van der Waals surface area contributed by atoms with Crippen LogP contribution in [-0.2, 0) is 0 Å². The predicted octanol–water partition coefficient (Wildman–Crippen LogP) is 2.90. The van der Waals surface area contributed by atoms with Crippen molar-refractivity contribution >= 4 is 11.8 Å². The zero-order valence-electron chi connectivity index (χ0n) is 8.50. The van der Waals surface area contributed by atoms with Gasteiger partial charge in [0.2, 0.25) is 5.88 Å². The minimum Gasteiger partial charge on any atom is -0.474 e. The topological polar surface area (TPSA) is 22.1 Å². The van der Waals surface area contributed by atoms with Gasteiger partial charge in [-0.25, -0.2) is 4.98 Å². The first-order chi connectivity index (χ1) is 6.13. The third kappa shape index (κ3) is 2.92. The van der Waals surface area contributed by atoms with Crippen molar-refractivity contribution in [2.24, 2.45) is 0 Å². The average Bonchev–Trinajstić information content (AvgIpc) is 2.07. The van der Waals surface area contributed by atoms with Crippen LogP contribution in [0.3, 0.4) is 0 Å². The quantitative estimate of drug-likeness (QED) is 0.696. The fraction of sp³-hybridized carbons (Fsp3) is 0.500. The first kappa shape index (κ1) is 10.4. The Hall–Kier alpha value is -0.700. The Morgan fingerprint density at radius 1 is 1.46 bits per heavy atom. The van der Waals surface area contributed by atoms with Gasteiger partial charge in [-0.2, -0.15) is 0 Å². The Kier molecular flexibility index (Phi) is 3.60. The molecule has 0 bridgehead atoms. The molecule has 0 aliphatic heterocycles. The summed E-state index contributed by atoms with van der Waals surface area (Å²) in [6.07, 6.45) is 4.04. The monoisotopic (exact) mass is 197 g/mol. The lowest BCUT2D eigenvalue weighted by molar-refractivity contribution is 0.226. The van der Waals surface area contributed by atoms with Gasteiger partial charge in [-0.05, 0) is 38.7 Å². The van der Waals surface area contributed by atoms with Crippen LogP contribution in [0.15, 0.2) is 17.2 Å². The van der Waals surface area contributed by atoms with E-state index in [2.05, 4.69) is 11.1 Å². The van der Waals surface area contributed by atoms with Crippen molar-refractivity contribution < 1.29 is 4.74 Å². The van der Waals surface area contributed by atoms with Gasteiger partial charge >= 0.3 is 0 Å². The molecular formula is C10H15NOS. The van der Waals surface area contributed by atoms with Gasteiger partial charge in [-0.3, -0.25) is 0 Å². The molecule has 1 rings (SSSR count). The Morgan fingerprint density at radius 3 is 2.69 bits per heavy atom. The zero-order chi connectivity index (χ0) is 9.84. The lowest BCUT2D eigenvalue weighted by atomic mass is 10.3. The van der Waals surface area contributed by atoms with Gasteiger partial charge in [-0.15, -0.1) is 11.8 Å². The first-order valence-corrected chi connectivity index (χ1v) is 5.53. The summed E-state index contributed by atoms with van der Waals surface area (Å²) in [7, 11) is 0. The van der Waals surface area contributed by atoms with Crippen LogP contribution in [-0.4, -0.2) is 17.3 Å². The van der Waals surface area contributed by atoms with Crippen molar-refractivity contribution in [3.8, 4) is 5.88 Å². The summed E-state index contributed by atoms with van der Waals surface area (Å²) in [5, 5.41) is 0. The van der Waals surface area contributed by atoms with E-state index in [1.165, 1.54) is 5.56 Å². The molecule has 0 radical (unpaired) electrons. The molecule has 0 atom stereocenters. The summed E-state index contributed by atoms with van der Waals surface area (Å²) in [4.78, 5) is 5.35. The second-order valence-electron chi connectivity index (χ2n) is 3.19. The van der Waals surface area contributed by atoms with Crippen LogP contribution in [0, 0.1) is 6.92 Å². The number of thioether (sulfide) groups is 1. The summed E-state index contributed by atoms with van der Waals surface area (Å²) in [6, 6.07) is 2.09. The number of ether oxygens (including phenoxy) is 1. The van der Waals surface area contributed by atoms with Crippen molar-refractivity contribution in [1.29, 1.82) is 0 Å². The number of rotatable bonds is 3. The highest BCUT2D eigenvalue weighted by atomic mass is 32.2. The van der Waals surface area contributed by atoms with Gasteiger partial charge in [0, 0.05) is 6.20 Å². The van der Waals surface area contributed by atoms with Crippen LogP contribution in [0.25, 0.3) is 0 Å². The standard InChI is InChI=1S/C10H15NOS/c1-7(2)12-10-9(13-4)5-8(3)6-11-10/h5-7H,1-4H3. The van der Waals surface area contributed by atoms with Crippen LogP contribution in [0.4, 0.5) is 0 Å². The van der Waals surface area contributed by atoms with Gasteiger partial charge in [0.1, 0.15) is 0 Å². The Labute approximate surface area is 83.7 Å². The molecule has 0 amide bonds. The van der Waals surface area contributed by atoms with E-state index in [9.17, 15) is 0 Å². The Balaban J connectivity index is 2.92. The molecule has 0 fully saturated rings. The zero-order valence-corrected chi connectivity index (χ0v) is 9.31. The van der Waals surface area contributed by atoms with Crippen molar-refractivity contribution in [3.63, 3.8) is 0 Å². The summed E-state index contributed by atoms with van der Waals surface area (Å²) in [6.45, 7) is 6.04. The Bertz CT molecular complexity index is 286. The second-order valence-corrected chi connectivity index (χ2v) is 4.03. The molecule has 0 N–H and O–H groups in total. The van der Waals surface area contributed by atoms with Crippen LogP contribution >= 0.6 is 11.8 Å². The summed E-state index contributed by atoms with van der Waals surface area (Å²) >= 11 is 1.66. The van der Waals surface area contributed by atoms with E-state index >= 15 is 0 Å². The van der Waals surface area contributed by atoms with Gasteiger partial charge < -0.3 is 4.74 Å². The van der Waals surface area contributed by atoms with Crippen LogP contribution in [0.5, 0.6) is 5.88 Å². The van der Waals surface area contributed by atoms with Crippen LogP contribution in [0.1, 0.15) is 19.4 Å². The van der Waals surface area contributed by atoms with E-state index in [1.807, 2.05) is 33.2 Å². The predicted molar refractivity (Wildman–Crippen MR) is 56.5 cm³/mol. The Morgan fingerprint density at radius 2 is 2.15 bits per heavy atom. The van der Waals surface area contributed by atoms with Crippen molar-refractivity contribution in [1.82, 2.24) is 4.98 Å². The molecule has 2 nitrogen and oxygen atoms in total. The van der Waals surface area contributed by atoms with Crippen LogP contribution < -0.4 is 4.74 Å². The van der Waals surface area contributed by atoms with Gasteiger partial charge in [0.05, 0.1) is 11.0 Å². The third-order valence-corrected chi connectivity index (χ3v) is 2.25. The highest BCUT2D eigenvalue weighted by Crippen LogP contribution is 2.26. The number of hydrogen-bond acceptors (Lipinski definition) is 3. The van der Waals surface area contributed by atoms with Crippen molar-refractivity contribution in [3.05, 3.63) is 17.8 Å². The molecule has 1 aromatic heterocycles. The highest BCUT2D eigenvalue weighted by molar-refractivity contribution is 7.98. The molecule has 1 aromatic rings. The molecule has 0 aliphatic rings. The largest absolute Gasteiger partial charge is 0.474 e. The van der Waals surface area contributed by atoms with E-state index in [0.717, 1.165) is 10.8 Å². The molecule has 0 saturated heterocycles. The van der Waals surface area contributed by atoms with Crippen molar-refractivity contribution in [2.75, 3.05) is 6.26 Å². The molecule has 13 heavy (non-hydrogen) atoms. The van der Waals surface area contributed by atoms with Crippen molar-refractivity contribution in [2.45, 2.75) is 31.8 Å². The summed E-state index contributed by atoms with van der Waals surface area (Å²) < 4.78 is 5.56. The number of nitrogens with zero attached hydrogens (tertiary/aromatic N) is 1. The molecule has 0 spiro atoms. The van der Waals surface area contributed by atoms with E-state index in [0.29, 0.717) is 0 Å². The lowest BCUT2D eigenvalue weighted by Gasteiger charge is -2.11. The van der Waals surface area contributed by atoms with E-state index in [4.69, 9.17) is 4.74 Å². The maximum atomic E-state index is 5.56. The third-order valence-electron chi connectivity index (χ3n) is 1.52. The number of pyridine rings is 1. The average molecular weight is 197 g/mol. The first-order valence-electron chi connectivity index (χ1n) is 4.30. The van der Waals surface area contributed by atoms with E-state index in [-0.39, 0.29) is 6.10 Å². The lowest BCUT2D eigenvalue weighted by Crippen LogP contribution is -2.07. The molecule has 0 aromatic carbocycles. The molecule has 3 heteroatoms. The molecular weight excluding hydrogens is 182 g/mol. The smallest absolute Gasteiger partial charge is 0.227 e. The molecule has 0 aliphatic carbocycles. The van der Waals surface area contributed by atoms with Crippen LogP contribution in [0.2, 0.25) is 0 Å². The second kappa shape index (κ2) is 4.51. The maximum absolute atomic E-state index is 5.56. The SMILES string of the molecule is CSc1cc(C)cnc1OC(C)C. The fourth-order valence-electron chi connectivity index (χ4n) is 0.988. The molecule has 0 unspecified atom stereocenters.